The fourth-order valence-corrected chi connectivity index (χ4v) is 4.25. The van der Waals surface area contributed by atoms with Gasteiger partial charge < -0.3 is 9.53 Å². The monoisotopic (exact) mass is 483 g/mol. The van der Waals surface area contributed by atoms with Crippen LogP contribution >= 0.6 is 0 Å². The first-order chi connectivity index (χ1) is 15.9. The van der Waals surface area contributed by atoms with E-state index in [1.54, 1.807) is 46.2 Å². The molecule has 0 fully saturated rings. The molecule has 182 valence electrons. The summed E-state index contributed by atoms with van der Waals surface area (Å²) < 4.78 is 9.43. The molecule has 0 aliphatic heterocycles. The number of anilines is 1. The number of aryl methyl sites for hydroxylation is 1. The zero-order valence-corrected chi connectivity index (χ0v) is 21.6. The first-order valence-corrected chi connectivity index (χ1v) is 14.1. The summed E-state index contributed by atoms with van der Waals surface area (Å²) in [4.78, 5) is 25.7. The van der Waals surface area contributed by atoms with Gasteiger partial charge >= 0.3 is 6.09 Å². The summed E-state index contributed by atoms with van der Waals surface area (Å²) in [6.07, 6.45) is 4.31. The highest BCUT2D eigenvalue weighted by atomic mass is 28.4. The van der Waals surface area contributed by atoms with Crippen LogP contribution in [0.2, 0.25) is 18.1 Å². The molecule has 1 amide bonds. The first kappa shape index (κ1) is 25.4. The standard InChI is InChI=1S/C24H33N5O4Si/c1-24(2,3)34(5,6)33-13-12-28(23(31)32)19-9-7-8-18(14-19)15-21-22(30)10-11-29(26-21)20-16-25-27(4)17-20/h7-11,14,16-17H,12-13,15H2,1-6H3,(H,31,32). The SMILES string of the molecule is Cn1cc(-n2ccc(=O)c(Cc3cccc(N(CCO[Si](C)(C)C(C)(C)C)C(=O)O)c3)n2)cn1. The zero-order chi connectivity index (χ0) is 25.1. The molecule has 1 N–H and O–H groups in total. The predicted octanol–water partition coefficient (Wildman–Crippen LogP) is 4.06. The van der Waals surface area contributed by atoms with Crippen LogP contribution in [0, 0.1) is 0 Å². The van der Waals surface area contributed by atoms with Gasteiger partial charge in [0.25, 0.3) is 0 Å². The lowest BCUT2D eigenvalue weighted by Crippen LogP contribution is -2.43. The Kier molecular flexibility index (Phi) is 7.42. The molecule has 2 aromatic heterocycles. The highest BCUT2D eigenvalue weighted by molar-refractivity contribution is 6.74. The average Bonchev–Trinajstić information content (AvgIpc) is 3.18. The highest BCUT2D eigenvalue weighted by Crippen LogP contribution is 2.36. The summed E-state index contributed by atoms with van der Waals surface area (Å²) in [5.41, 5.74) is 2.27. The molecule has 10 heteroatoms. The number of hydrogen-bond acceptors (Lipinski definition) is 5. The van der Waals surface area contributed by atoms with E-state index in [0.717, 1.165) is 11.3 Å². The van der Waals surface area contributed by atoms with E-state index in [9.17, 15) is 14.7 Å². The third-order valence-electron chi connectivity index (χ3n) is 6.24. The minimum Gasteiger partial charge on any atom is -0.465 e. The summed E-state index contributed by atoms with van der Waals surface area (Å²) in [6.45, 7) is 11.3. The van der Waals surface area contributed by atoms with Gasteiger partial charge in [0, 0.05) is 31.4 Å². The molecule has 0 aliphatic rings. The molecule has 0 spiro atoms. The Morgan fingerprint density at radius 2 is 1.97 bits per heavy atom. The summed E-state index contributed by atoms with van der Waals surface area (Å²) in [7, 11) is -0.169. The van der Waals surface area contributed by atoms with Crippen molar-refractivity contribution in [2.24, 2.45) is 7.05 Å². The van der Waals surface area contributed by atoms with Crippen LogP contribution in [0.15, 0.2) is 53.7 Å². The number of carboxylic acid groups (broad SMARTS) is 1. The Morgan fingerprint density at radius 1 is 1.24 bits per heavy atom. The van der Waals surface area contributed by atoms with E-state index in [-0.39, 0.29) is 23.4 Å². The van der Waals surface area contributed by atoms with Gasteiger partial charge in [0.05, 0.1) is 25.5 Å². The Balaban J connectivity index is 1.78. The Morgan fingerprint density at radius 3 is 2.59 bits per heavy atom. The second-order valence-corrected chi connectivity index (χ2v) is 14.6. The Hall–Kier alpha value is -3.24. The number of rotatable bonds is 8. The van der Waals surface area contributed by atoms with Gasteiger partial charge in [-0.2, -0.15) is 10.2 Å². The van der Waals surface area contributed by atoms with E-state index in [2.05, 4.69) is 44.1 Å². The smallest absolute Gasteiger partial charge is 0.411 e. The van der Waals surface area contributed by atoms with Crippen molar-refractivity contribution in [3.05, 3.63) is 70.4 Å². The number of aromatic nitrogens is 4. The van der Waals surface area contributed by atoms with Crippen molar-refractivity contribution in [2.45, 2.75) is 45.3 Å². The van der Waals surface area contributed by atoms with Crippen LogP contribution in [0.5, 0.6) is 0 Å². The number of carbonyl (C=O) groups is 1. The molecular formula is C24H33N5O4Si. The van der Waals surface area contributed by atoms with Gasteiger partial charge in [-0.25, -0.2) is 9.48 Å². The lowest BCUT2D eigenvalue weighted by Gasteiger charge is -2.36. The van der Waals surface area contributed by atoms with Crippen LogP contribution in [0.25, 0.3) is 5.69 Å². The lowest BCUT2D eigenvalue weighted by atomic mass is 10.1. The van der Waals surface area contributed by atoms with Crippen molar-refractivity contribution < 1.29 is 14.3 Å². The maximum Gasteiger partial charge on any atom is 0.411 e. The van der Waals surface area contributed by atoms with Crippen molar-refractivity contribution >= 4 is 20.1 Å². The molecule has 34 heavy (non-hydrogen) atoms. The van der Waals surface area contributed by atoms with Crippen molar-refractivity contribution in [1.82, 2.24) is 19.6 Å². The lowest BCUT2D eigenvalue weighted by molar-refractivity contribution is 0.198. The normalized spacial score (nSPS) is 12.1. The van der Waals surface area contributed by atoms with Gasteiger partial charge in [0.15, 0.2) is 8.32 Å². The topological polar surface area (TPSA) is 102 Å². The molecular weight excluding hydrogens is 450 g/mol. The average molecular weight is 484 g/mol. The summed E-state index contributed by atoms with van der Waals surface area (Å²) in [5.74, 6) is 0. The minimum absolute atomic E-state index is 0.0480. The molecule has 1 aromatic carbocycles. The number of benzene rings is 1. The second-order valence-electron chi connectivity index (χ2n) is 9.83. The molecule has 0 bridgehead atoms. The molecule has 0 atom stereocenters. The maximum absolute atomic E-state index is 12.4. The predicted molar refractivity (Wildman–Crippen MR) is 134 cm³/mol. The molecule has 3 rings (SSSR count). The van der Waals surface area contributed by atoms with Crippen LogP contribution in [0.3, 0.4) is 0 Å². The van der Waals surface area contributed by atoms with Gasteiger partial charge in [-0.3, -0.25) is 14.4 Å². The van der Waals surface area contributed by atoms with Crippen LogP contribution in [0.1, 0.15) is 32.0 Å². The molecule has 0 saturated heterocycles. The van der Waals surface area contributed by atoms with Gasteiger partial charge in [-0.15, -0.1) is 0 Å². The second kappa shape index (κ2) is 9.94. The van der Waals surface area contributed by atoms with Gasteiger partial charge in [0.2, 0.25) is 5.43 Å². The fraction of sp³-hybridized carbons (Fsp3) is 0.417. The zero-order valence-electron chi connectivity index (χ0n) is 20.6. The summed E-state index contributed by atoms with van der Waals surface area (Å²) in [6, 6.07) is 8.65. The van der Waals surface area contributed by atoms with Crippen LogP contribution < -0.4 is 10.3 Å². The van der Waals surface area contributed by atoms with E-state index in [1.165, 1.54) is 11.0 Å². The van der Waals surface area contributed by atoms with E-state index in [0.29, 0.717) is 18.0 Å². The Bertz CT molecular complexity index is 1210. The van der Waals surface area contributed by atoms with E-state index < -0.39 is 14.4 Å². The summed E-state index contributed by atoms with van der Waals surface area (Å²) in [5, 5.41) is 18.5. The molecule has 9 nitrogen and oxygen atoms in total. The van der Waals surface area contributed by atoms with Gasteiger partial charge in [-0.1, -0.05) is 32.9 Å². The van der Waals surface area contributed by atoms with Crippen LogP contribution in [0.4, 0.5) is 10.5 Å². The third kappa shape index (κ3) is 6.00. The first-order valence-electron chi connectivity index (χ1n) is 11.2. The maximum atomic E-state index is 12.4. The van der Waals surface area contributed by atoms with Crippen molar-refractivity contribution in [3.8, 4) is 5.69 Å². The fourth-order valence-electron chi connectivity index (χ4n) is 3.21. The highest BCUT2D eigenvalue weighted by Gasteiger charge is 2.37. The molecule has 2 heterocycles. The van der Waals surface area contributed by atoms with Gasteiger partial charge in [-0.05, 0) is 35.8 Å². The quantitative estimate of drug-likeness (QED) is 0.485. The Labute approximate surface area is 200 Å². The molecule has 0 radical (unpaired) electrons. The molecule has 0 unspecified atom stereocenters. The minimum atomic E-state index is -1.98. The number of amides is 1. The largest absolute Gasteiger partial charge is 0.465 e. The number of hydrogen-bond donors (Lipinski definition) is 1. The van der Waals surface area contributed by atoms with Crippen molar-refractivity contribution in [2.75, 3.05) is 18.1 Å². The van der Waals surface area contributed by atoms with Crippen LogP contribution in [-0.4, -0.2) is 52.2 Å². The van der Waals surface area contributed by atoms with Crippen LogP contribution in [-0.2, 0) is 17.9 Å². The van der Waals surface area contributed by atoms with E-state index in [1.807, 2.05) is 13.1 Å². The molecule has 0 aliphatic carbocycles. The number of nitrogens with zero attached hydrogens (tertiary/aromatic N) is 5. The van der Waals surface area contributed by atoms with Crippen molar-refractivity contribution in [1.29, 1.82) is 0 Å². The van der Waals surface area contributed by atoms with E-state index >= 15 is 0 Å². The molecule has 0 saturated carbocycles. The molecule has 3 aromatic rings. The van der Waals surface area contributed by atoms with Crippen molar-refractivity contribution in [3.63, 3.8) is 0 Å². The third-order valence-corrected chi connectivity index (χ3v) is 10.8. The van der Waals surface area contributed by atoms with Gasteiger partial charge in [0.1, 0.15) is 11.4 Å². The summed E-state index contributed by atoms with van der Waals surface area (Å²) >= 11 is 0. The van der Waals surface area contributed by atoms with E-state index in [4.69, 9.17) is 4.43 Å².